The summed E-state index contributed by atoms with van der Waals surface area (Å²) in [5, 5.41) is 0. The standard InChI is InChI=1S/C4H9O.3C4H9.Sn/c1-3-4-5-2;3*1-3-4-2;/h1,3-4H2,2H3;3*1,3-4H2,2H3;. The van der Waals surface area contributed by atoms with E-state index in [-0.39, 0.29) is 0 Å². The van der Waals surface area contributed by atoms with Gasteiger partial charge in [-0.15, -0.1) is 0 Å². The molecule has 0 atom stereocenters. The molecule has 0 N–H and O–H groups in total. The van der Waals surface area contributed by atoms with Crippen LogP contribution in [0.5, 0.6) is 0 Å². The zero-order chi connectivity index (χ0) is 13.7. The molecule has 0 aromatic heterocycles. The van der Waals surface area contributed by atoms with Gasteiger partial charge in [-0.3, -0.25) is 0 Å². The monoisotopic (exact) mass is 364 g/mol. The van der Waals surface area contributed by atoms with Gasteiger partial charge in [0.25, 0.3) is 0 Å². The molecule has 2 heteroatoms. The van der Waals surface area contributed by atoms with Crippen molar-refractivity contribution in [2.45, 2.75) is 83.5 Å². The van der Waals surface area contributed by atoms with E-state index in [1.165, 1.54) is 44.9 Å². The predicted molar refractivity (Wildman–Crippen MR) is 86.2 cm³/mol. The Bertz CT molecular complexity index is 149. The number of methoxy groups -OCH3 is 1. The molecule has 110 valence electrons. The summed E-state index contributed by atoms with van der Waals surface area (Å²) < 4.78 is 11.8. The third-order valence-electron chi connectivity index (χ3n) is 4.24. The van der Waals surface area contributed by atoms with Gasteiger partial charge >= 0.3 is 120 Å². The predicted octanol–water partition coefficient (Wildman–Crippen LogP) is 5.87. The van der Waals surface area contributed by atoms with Crippen molar-refractivity contribution in [1.29, 1.82) is 0 Å². The van der Waals surface area contributed by atoms with Gasteiger partial charge in [-0.1, -0.05) is 0 Å². The van der Waals surface area contributed by atoms with Crippen LogP contribution in [0.3, 0.4) is 0 Å². The summed E-state index contributed by atoms with van der Waals surface area (Å²) in [5.74, 6) is 0. The van der Waals surface area contributed by atoms with Gasteiger partial charge in [-0.05, 0) is 0 Å². The average Bonchev–Trinajstić information content (AvgIpc) is 2.40. The van der Waals surface area contributed by atoms with E-state index in [1.807, 2.05) is 7.11 Å². The van der Waals surface area contributed by atoms with Crippen LogP contribution in [0.4, 0.5) is 0 Å². The summed E-state index contributed by atoms with van der Waals surface area (Å²) in [5.41, 5.74) is 0. The Hall–Kier alpha value is 0.759. The van der Waals surface area contributed by atoms with Crippen LogP contribution in [0.15, 0.2) is 0 Å². The molecule has 0 amide bonds. The van der Waals surface area contributed by atoms with Crippen molar-refractivity contribution < 1.29 is 4.74 Å². The topological polar surface area (TPSA) is 9.23 Å². The maximum atomic E-state index is 5.28. The fourth-order valence-electron chi connectivity index (χ4n) is 3.00. The summed E-state index contributed by atoms with van der Waals surface area (Å²) in [6.07, 6.45) is 10.00. The van der Waals surface area contributed by atoms with Crippen LogP contribution in [-0.2, 0) is 4.74 Å². The molecule has 0 heterocycles. The van der Waals surface area contributed by atoms with Crippen molar-refractivity contribution in [2.75, 3.05) is 13.7 Å². The first-order valence-corrected chi connectivity index (χ1v) is 16.3. The van der Waals surface area contributed by atoms with Crippen molar-refractivity contribution in [2.24, 2.45) is 0 Å². The van der Waals surface area contributed by atoms with E-state index in [9.17, 15) is 0 Å². The van der Waals surface area contributed by atoms with Crippen LogP contribution in [0, 0.1) is 0 Å². The van der Waals surface area contributed by atoms with Crippen molar-refractivity contribution >= 4 is 18.4 Å². The van der Waals surface area contributed by atoms with Gasteiger partial charge in [0.2, 0.25) is 0 Å². The fourth-order valence-corrected chi connectivity index (χ4v) is 19.3. The van der Waals surface area contributed by atoms with Gasteiger partial charge in [-0.25, -0.2) is 0 Å². The molecule has 0 aromatic carbocycles. The molecule has 0 aliphatic rings. The Morgan fingerprint density at radius 3 is 1.39 bits per heavy atom. The average molecular weight is 363 g/mol. The molecule has 18 heavy (non-hydrogen) atoms. The number of rotatable bonds is 13. The zero-order valence-electron chi connectivity index (χ0n) is 13.4. The van der Waals surface area contributed by atoms with Gasteiger partial charge in [-0.2, -0.15) is 0 Å². The number of unbranched alkanes of at least 4 members (excludes halogenated alkanes) is 3. The SMILES string of the molecule is CCC[CH2][Sn]([CH2]CCC)([CH2]CCC)[CH2]CCOC. The van der Waals surface area contributed by atoms with E-state index in [2.05, 4.69) is 20.8 Å². The van der Waals surface area contributed by atoms with Crippen LogP contribution in [0.2, 0.25) is 17.7 Å². The Morgan fingerprint density at radius 2 is 1.06 bits per heavy atom. The van der Waals surface area contributed by atoms with E-state index in [4.69, 9.17) is 4.74 Å². The van der Waals surface area contributed by atoms with E-state index >= 15 is 0 Å². The van der Waals surface area contributed by atoms with E-state index in [0.29, 0.717) is 0 Å². The van der Waals surface area contributed by atoms with E-state index in [0.717, 1.165) is 6.61 Å². The molecular formula is C16H36OSn. The molecule has 0 aliphatic carbocycles. The van der Waals surface area contributed by atoms with Crippen molar-refractivity contribution in [3.63, 3.8) is 0 Å². The van der Waals surface area contributed by atoms with E-state index < -0.39 is 18.4 Å². The molecular weight excluding hydrogens is 327 g/mol. The molecule has 0 spiro atoms. The first kappa shape index (κ1) is 18.8. The summed E-state index contributed by atoms with van der Waals surface area (Å²) in [4.78, 5) is 0. The van der Waals surface area contributed by atoms with Crippen LogP contribution in [-0.4, -0.2) is 32.1 Å². The van der Waals surface area contributed by atoms with Crippen LogP contribution < -0.4 is 0 Å². The zero-order valence-corrected chi connectivity index (χ0v) is 16.2. The van der Waals surface area contributed by atoms with Gasteiger partial charge < -0.3 is 0 Å². The molecule has 0 radical (unpaired) electrons. The Morgan fingerprint density at radius 1 is 0.667 bits per heavy atom. The van der Waals surface area contributed by atoms with Gasteiger partial charge in [0.15, 0.2) is 0 Å². The maximum absolute atomic E-state index is 5.28. The molecule has 0 bridgehead atoms. The third-order valence-corrected chi connectivity index (χ3v) is 20.4. The van der Waals surface area contributed by atoms with Gasteiger partial charge in [0.1, 0.15) is 0 Å². The van der Waals surface area contributed by atoms with Crippen LogP contribution in [0.25, 0.3) is 0 Å². The Labute approximate surface area is 120 Å². The Kier molecular flexibility index (Phi) is 13.3. The summed E-state index contributed by atoms with van der Waals surface area (Å²) in [7, 11) is 1.85. The van der Waals surface area contributed by atoms with Crippen molar-refractivity contribution in [3.05, 3.63) is 0 Å². The molecule has 1 nitrogen and oxygen atoms in total. The second kappa shape index (κ2) is 12.8. The number of ether oxygens (including phenoxy) is 1. The Balaban J connectivity index is 4.41. The first-order valence-electron chi connectivity index (χ1n) is 8.23. The summed E-state index contributed by atoms with van der Waals surface area (Å²) in [6.45, 7) is 8.05. The molecule has 0 aromatic rings. The summed E-state index contributed by atoms with van der Waals surface area (Å²) >= 11 is -1.80. The van der Waals surface area contributed by atoms with Crippen molar-refractivity contribution in [3.8, 4) is 0 Å². The normalized spacial score (nSPS) is 12.0. The van der Waals surface area contributed by atoms with E-state index in [1.54, 1.807) is 17.7 Å². The molecule has 0 aliphatic heterocycles. The van der Waals surface area contributed by atoms with Crippen LogP contribution in [0.1, 0.15) is 65.7 Å². The first-order chi connectivity index (χ1) is 8.74. The second-order valence-electron chi connectivity index (χ2n) is 5.91. The van der Waals surface area contributed by atoms with Crippen molar-refractivity contribution in [1.82, 2.24) is 0 Å². The minimum absolute atomic E-state index is 0.989. The molecule has 0 saturated heterocycles. The second-order valence-corrected chi connectivity index (χ2v) is 20.2. The summed E-state index contributed by atoms with van der Waals surface area (Å²) in [6, 6.07) is 0. The minimum atomic E-state index is -1.80. The van der Waals surface area contributed by atoms with Crippen LogP contribution >= 0.6 is 0 Å². The molecule has 0 fully saturated rings. The fraction of sp³-hybridized carbons (Fsp3) is 1.00. The number of hydrogen-bond acceptors (Lipinski definition) is 1. The number of hydrogen-bond donors (Lipinski definition) is 0. The molecule has 0 rings (SSSR count). The third kappa shape index (κ3) is 8.79. The molecule has 0 unspecified atom stereocenters. The quantitative estimate of drug-likeness (QED) is 0.294. The molecule has 0 saturated carbocycles. The van der Waals surface area contributed by atoms with Gasteiger partial charge in [0, 0.05) is 0 Å². The van der Waals surface area contributed by atoms with Gasteiger partial charge in [0.05, 0.1) is 0 Å².